The Morgan fingerprint density at radius 3 is 2.29 bits per heavy atom. The molecule has 28 heavy (non-hydrogen) atoms. The molecule has 150 valence electrons. The Bertz CT molecular complexity index is 861. The molecule has 1 saturated heterocycles. The van der Waals surface area contributed by atoms with Gasteiger partial charge in [0.05, 0.1) is 18.4 Å². The first-order valence-electron chi connectivity index (χ1n) is 9.16. The third kappa shape index (κ3) is 3.19. The van der Waals surface area contributed by atoms with E-state index in [4.69, 9.17) is 18.7 Å². The van der Waals surface area contributed by atoms with Gasteiger partial charge in [-0.2, -0.15) is 0 Å². The fourth-order valence-electron chi connectivity index (χ4n) is 3.41. The van der Waals surface area contributed by atoms with Crippen LogP contribution in [0.1, 0.15) is 38.1 Å². The number of aryl methyl sites for hydroxylation is 2. The van der Waals surface area contributed by atoms with Crippen LogP contribution in [0.25, 0.3) is 11.1 Å². The van der Waals surface area contributed by atoms with Crippen LogP contribution < -0.4 is 10.1 Å². The van der Waals surface area contributed by atoms with E-state index in [0.717, 1.165) is 16.8 Å². The van der Waals surface area contributed by atoms with Crippen molar-refractivity contribution in [3.63, 3.8) is 0 Å². The number of cyclic esters (lactones) is 2. The van der Waals surface area contributed by atoms with Gasteiger partial charge in [0.1, 0.15) is 11.5 Å². The molecule has 0 unspecified atom stereocenters. The van der Waals surface area contributed by atoms with E-state index in [9.17, 15) is 9.59 Å². The summed E-state index contributed by atoms with van der Waals surface area (Å²) in [4.78, 5) is 24.9. The van der Waals surface area contributed by atoms with Gasteiger partial charge in [0.2, 0.25) is 0 Å². The molecule has 1 fully saturated rings. The van der Waals surface area contributed by atoms with E-state index in [2.05, 4.69) is 10.5 Å². The number of benzene rings is 1. The maximum absolute atomic E-state index is 12.4. The van der Waals surface area contributed by atoms with Crippen LogP contribution in [0.2, 0.25) is 0 Å². The summed E-state index contributed by atoms with van der Waals surface area (Å²) in [7, 11) is 1.57. The third-order valence-electron chi connectivity index (χ3n) is 5.20. The van der Waals surface area contributed by atoms with E-state index >= 15 is 0 Å². The van der Waals surface area contributed by atoms with Crippen molar-refractivity contribution in [3.8, 4) is 16.9 Å². The highest BCUT2D eigenvalue weighted by molar-refractivity contribution is 6.01. The number of nitrogens with zero attached hydrogens (tertiary/aromatic N) is 1. The summed E-state index contributed by atoms with van der Waals surface area (Å²) in [5.41, 5.74) is 1.64. The van der Waals surface area contributed by atoms with Crippen LogP contribution in [0.15, 0.2) is 22.7 Å². The van der Waals surface area contributed by atoms with Gasteiger partial charge in [-0.25, -0.2) is 0 Å². The van der Waals surface area contributed by atoms with Crippen LogP contribution in [0, 0.1) is 19.3 Å². The number of carbonyl (C=O) groups excluding carboxylic acids is 2. The number of rotatable bonds is 6. The summed E-state index contributed by atoms with van der Waals surface area (Å²) >= 11 is 0. The second-order valence-corrected chi connectivity index (χ2v) is 6.69. The highest BCUT2D eigenvalue weighted by Crippen LogP contribution is 2.38. The van der Waals surface area contributed by atoms with Crippen molar-refractivity contribution in [1.29, 1.82) is 0 Å². The maximum Gasteiger partial charge on any atom is 0.329 e. The number of aromatic nitrogens is 1. The van der Waals surface area contributed by atoms with Crippen molar-refractivity contribution in [1.82, 2.24) is 5.16 Å². The zero-order valence-electron chi connectivity index (χ0n) is 16.6. The molecule has 8 nitrogen and oxygen atoms in total. The summed E-state index contributed by atoms with van der Waals surface area (Å²) in [6.07, 6.45) is -0.545. The largest absolute Gasteiger partial charge is 0.496 e. The normalized spacial score (nSPS) is 16.5. The Balaban J connectivity index is 1.88. The number of hydrogen-bond donors (Lipinski definition) is 1. The van der Waals surface area contributed by atoms with Crippen LogP contribution in [0.4, 0.5) is 5.69 Å². The van der Waals surface area contributed by atoms with Crippen molar-refractivity contribution in [2.45, 2.75) is 47.0 Å². The number of hydrogen-bond acceptors (Lipinski definition) is 8. The summed E-state index contributed by atoms with van der Waals surface area (Å²) < 4.78 is 21.4. The standard InChI is InChI=1S/C20H24N2O6/c1-6-20(7-2)17(23)26-19(27-18(20)24)21-13-8-9-15(25-5)14(10-13)16-11(3)22-28-12(16)4/h8-10,19,21H,6-7H2,1-5H3. The highest BCUT2D eigenvalue weighted by atomic mass is 16.7. The molecule has 0 bridgehead atoms. The van der Waals surface area contributed by atoms with Crippen LogP contribution in [0.5, 0.6) is 5.75 Å². The zero-order chi connectivity index (χ0) is 20.5. The molecule has 1 N–H and O–H groups in total. The predicted octanol–water partition coefficient (Wildman–Crippen LogP) is 3.57. The van der Waals surface area contributed by atoms with Crippen LogP contribution in [0.3, 0.4) is 0 Å². The summed E-state index contributed by atoms with van der Waals surface area (Å²) in [5.74, 6) is 0.129. The first-order chi connectivity index (χ1) is 13.4. The molecule has 1 aliphatic heterocycles. The minimum Gasteiger partial charge on any atom is -0.496 e. The number of nitrogens with one attached hydrogen (secondary N) is 1. The summed E-state index contributed by atoms with van der Waals surface area (Å²) in [5, 5.41) is 6.91. The SMILES string of the molecule is CCC1(CC)C(=O)OC(Nc2ccc(OC)c(-c3c(C)noc3C)c2)OC1=O. The van der Waals surface area contributed by atoms with Crippen LogP contribution >= 0.6 is 0 Å². The summed E-state index contributed by atoms with van der Waals surface area (Å²) in [6, 6.07) is 5.30. The van der Waals surface area contributed by atoms with Gasteiger partial charge in [0.25, 0.3) is 0 Å². The van der Waals surface area contributed by atoms with Gasteiger partial charge in [-0.05, 0) is 44.9 Å². The zero-order valence-corrected chi connectivity index (χ0v) is 16.6. The van der Waals surface area contributed by atoms with Crippen molar-refractivity contribution >= 4 is 17.6 Å². The van der Waals surface area contributed by atoms with E-state index in [-0.39, 0.29) is 0 Å². The number of esters is 2. The quantitative estimate of drug-likeness (QED) is 0.592. The first-order valence-corrected chi connectivity index (χ1v) is 9.16. The maximum atomic E-state index is 12.4. The molecular formula is C20H24N2O6. The molecule has 1 aromatic carbocycles. The number of methoxy groups -OCH3 is 1. The van der Waals surface area contributed by atoms with Crippen molar-refractivity contribution in [2.75, 3.05) is 12.4 Å². The second-order valence-electron chi connectivity index (χ2n) is 6.69. The molecule has 3 rings (SSSR count). The molecule has 0 spiro atoms. The number of anilines is 1. The van der Waals surface area contributed by atoms with Crippen LogP contribution in [-0.2, 0) is 19.1 Å². The van der Waals surface area contributed by atoms with Crippen LogP contribution in [-0.4, -0.2) is 30.6 Å². The Kier molecular flexibility index (Phi) is 5.31. The van der Waals surface area contributed by atoms with E-state index in [0.29, 0.717) is 30.0 Å². The van der Waals surface area contributed by atoms with Gasteiger partial charge in [-0.1, -0.05) is 19.0 Å². The van der Waals surface area contributed by atoms with Gasteiger partial charge >= 0.3 is 18.4 Å². The van der Waals surface area contributed by atoms with Gasteiger partial charge in [0.15, 0.2) is 5.41 Å². The minimum absolute atomic E-state index is 0.326. The summed E-state index contributed by atoms with van der Waals surface area (Å²) in [6.45, 7) is 7.18. The van der Waals surface area contributed by atoms with Crippen molar-refractivity contribution < 1.29 is 28.3 Å². The molecule has 0 radical (unpaired) electrons. The smallest absolute Gasteiger partial charge is 0.329 e. The second kappa shape index (κ2) is 7.53. The topological polar surface area (TPSA) is 99.9 Å². The average molecular weight is 388 g/mol. The Morgan fingerprint density at radius 2 is 1.79 bits per heavy atom. The van der Waals surface area contributed by atoms with E-state index in [1.807, 2.05) is 13.8 Å². The molecule has 1 aromatic heterocycles. The first kappa shape index (κ1) is 19.7. The Hall–Kier alpha value is -3.03. The Labute approximate surface area is 163 Å². The third-order valence-corrected chi connectivity index (χ3v) is 5.20. The highest BCUT2D eigenvalue weighted by Gasteiger charge is 2.51. The molecule has 2 heterocycles. The van der Waals surface area contributed by atoms with Crippen molar-refractivity contribution in [2.24, 2.45) is 5.41 Å². The molecule has 0 atom stereocenters. The molecule has 2 aromatic rings. The number of ether oxygens (including phenoxy) is 3. The Morgan fingerprint density at radius 1 is 1.14 bits per heavy atom. The molecule has 0 saturated carbocycles. The molecule has 0 amide bonds. The van der Waals surface area contributed by atoms with Gasteiger partial charge in [0, 0.05) is 11.3 Å². The van der Waals surface area contributed by atoms with E-state index < -0.39 is 23.8 Å². The van der Waals surface area contributed by atoms with Gasteiger partial charge < -0.3 is 24.1 Å². The molecule has 0 aliphatic carbocycles. The van der Waals surface area contributed by atoms with E-state index in [1.165, 1.54) is 0 Å². The fraction of sp³-hybridized carbons (Fsp3) is 0.450. The van der Waals surface area contributed by atoms with Gasteiger partial charge in [-0.3, -0.25) is 9.59 Å². The predicted molar refractivity (Wildman–Crippen MR) is 101 cm³/mol. The minimum atomic E-state index is -1.24. The lowest BCUT2D eigenvalue weighted by Crippen LogP contribution is -2.51. The average Bonchev–Trinajstić information content (AvgIpc) is 3.00. The molecule has 8 heteroatoms. The van der Waals surface area contributed by atoms with Crippen molar-refractivity contribution in [3.05, 3.63) is 29.7 Å². The lowest BCUT2D eigenvalue weighted by atomic mass is 9.82. The van der Waals surface area contributed by atoms with E-state index in [1.54, 1.807) is 39.2 Å². The lowest BCUT2D eigenvalue weighted by molar-refractivity contribution is -0.219. The lowest BCUT2D eigenvalue weighted by Gasteiger charge is -2.35. The molecular weight excluding hydrogens is 364 g/mol. The number of carbonyl (C=O) groups is 2. The monoisotopic (exact) mass is 388 g/mol. The van der Waals surface area contributed by atoms with Gasteiger partial charge in [-0.15, -0.1) is 0 Å². The fourth-order valence-corrected chi connectivity index (χ4v) is 3.41. The molecule has 1 aliphatic rings.